The fourth-order valence-electron chi connectivity index (χ4n) is 2.25. The Balaban J connectivity index is 2.09. The lowest BCUT2D eigenvalue weighted by molar-refractivity contribution is -0.147. The average Bonchev–Trinajstić information content (AvgIpc) is 2.42. The van der Waals surface area contributed by atoms with E-state index in [-0.39, 0.29) is 11.9 Å². The van der Waals surface area contributed by atoms with Gasteiger partial charge in [-0.25, -0.2) is 0 Å². The smallest absolute Gasteiger partial charge is 0.309 e. The summed E-state index contributed by atoms with van der Waals surface area (Å²) < 4.78 is 15.1. The highest BCUT2D eigenvalue weighted by molar-refractivity contribution is 5.72. The molecule has 1 heterocycles. The highest BCUT2D eigenvalue weighted by Gasteiger charge is 2.25. The van der Waals surface area contributed by atoms with Crippen molar-refractivity contribution in [2.24, 2.45) is 5.92 Å². The molecule has 5 heteroatoms. The second-order valence-corrected chi connectivity index (χ2v) is 4.62. The van der Waals surface area contributed by atoms with Gasteiger partial charge in [-0.1, -0.05) is 0 Å². The van der Waals surface area contributed by atoms with E-state index in [4.69, 9.17) is 14.2 Å². The van der Waals surface area contributed by atoms with Crippen LogP contribution in [0.5, 0.6) is 0 Å². The SMILES string of the molecule is COCCOCCCN1CCCC(C(=O)OC)C1. The predicted molar refractivity (Wildman–Crippen MR) is 68.5 cm³/mol. The number of nitrogens with zero attached hydrogens (tertiary/aromatic N) is 1. The van der Waals surface area contributed by atoms with E-state index < -0.39 is 0 Å². The van der Waals surface area contributed by atoms with Crippen molar-refractivity contribution in [2.75, 3.05) is 53.7 Å². The summed E-state index contributed by atoms with van der Waals surface area (Å²) in [7, 11) is 3.13. The summed E-state index contributed by atoms with van der Waals surface area (Å²) in [6, 6.07) is 0. The molecule has 0 aromatic rings. The van der Waals surface area contributed by atoms with Gasteiger partial charge in [0, 0.05) is 26.8 Å². The molecule has 0 spiro atoms. The molecule has 1 unspecified atom stereocenters. The maximum Gasteiger partial charge on any atom is 0.309 e. The first-order valence-corrected chi connectivity index (χ1v) is 6.64. The molecular weight excluding hydrogens is 234 g/mol. The molecule has 1 saturated heterocycles. The summed E-state index contributed by atoms with van der Waals surface area (Å²) in [5, 5.41) is 0. The van der Waals surface area contributed by atoms with Crippen LogP contribution in [0.3, 0.4) is 0 Å². The van der Waals surface area contributed by atoms with Crippen molar-refractivity contribution in [3.63, 3.8) is 0 Å². The van der Waals surface area contributed by atoms with E-state index in [1.54, 1.807) is 7.11 Å². The summed E-state index contributed by atoms with van der Waals surface area (Å²) in [6.07, 6.45) is 3.02. The molecule has 0 radical (unpaired) electrons. The van der Waals surface area contributed by atoms with Crippen molar-refractivity contribution in [2.45, 2.75) is 19.3 Å². The van der Waals surface area contributed by atoms with Gasteiger partial charge in [-0.15, -0.1) is 0 Å². The maximum absolute atomic E-state index is 11.5. The normalized spacial score (nSPS) is 20.9. The van der Waals surface area contributed by atoms with Crippen molar-refractivity contribution < 1.29 is 19.0 Å². The zero-order valence-electron chi connectivity index (χ0n) is 11.5. The lowest BCUT2D eigenvalue weighted by atomic mass is 9.98. The van der Waals surface area contributed by atoms with Crippen LogP contribution in [-0.4, -0.2) is 64.5 Å². The van der Waals surface area contributed by atoms with Gasteiger partial charge in [0.15, 0.2) is 0 Å². The molecule has 1 atom stereocenters. The number of rotatable bonds is 8. The fourth-order valence-corrected chi connectivity index (χ4v) is 2.25. The van der Waals surface area contributed by atoms with Crippen LogP contribution in [0.15, 0.2) is 0 Å². The summed E-state index contributed by atoms with van der Waals surface area (Å²) in [6.45, 7) is 4.94. The number of methoxy groups -OCH3 is 2. The molecule has 1 aliphatic rings. The number of hydrogen-bond donors (Lipinski definition) is 0. The summed E-state index contributed by atoms with van der Waals surface area (Å²) in [5.74, 6) is -0.0193. The van der Waals surface area contributed by atoms with Gasteiger partial charge in [-0.2, -0.15) is 0 Å². The van der Waals surface area contributed by atoms with Crippen molar-refractivity contribution in [1.82, 2.24) is 4.90 Å². The minimum atomic E-state index is -0.0731. The molecule has 0 aromatic heterocycles. The zero-order chi connectivity index (χ0) is 13.2. The van der Waals surface area contributed by atoms with Crippen LogP contribution < -0.4 is 0 Å². The number of piperidine rings is 1. The number of esters is 1. The minimum Gasteiger partial charge on any atom is -0.469 e. The van der Waals surface area contributed by atoms with Crippen LogP contribution in [0.1, 0.15) is 19.3 Å². The van der Waals surface area contributed by atoms with E-state index in [0.717, 1.165) is 45.5 Å². The Labute approximate surface area is 109 Å². The van der Waals surface area contributed by atoms with Crippen LogP contribution in [0.2, 0.25) is 0 Å². The Bertz CT molecular complexity index is 235. The zero-order valence-corrected chi connectivity index (χ0v) is 11.5. The molecular formula is C13H25NO4. The van der Waals surface area contributed by atoms with Crippen molar-refractivity contribution in [3.8, 4) is 0 Å². The van der Waals surface area contributed by atoms with E-state index in [9.17, 15) is 4.79 Å². The lowest BCUT2D eigenvalue weighted by Gasteiger charge is -2.31. The molecule has 0 N–H and O–H groups in total. The molecule has 1 aliphatic heterocycles. The lowest BCUT2D eigenvalue weighted by Crippen LogP contribution is -2.39. The van der Waals surface area contributed by atoms with Crippen molar-refractivity contribution in [3.05, 3.63) is 0 Å². The topological polar surface area (TPSA) is 48.0 Å². The molecule has 0 aromatic carbocycles. The van der Waals surface area contributed by atoms with Crippen molar-refractivity contribution in [1.29, 1.82) is 0 Å². The van der Waals surface area contributed by atoms with Gasteiger partial charge in [-0.3, -0.25) is 4.79 Å². The second kappa shape index (κ2) is 9.30. The largest absolute Gasteiger partial charge is 0.469 e. The Morgan fingerprint density at radius 3 is 2.83 bits per heavy atom. The fraction of sp³-hybridized carbons (Fsp3) is 0.923. The minimum absolute atomic E-state index is 0.0539. The molecule has 106 valence electrons. The second-order valence-electron chi connectivity index (χ2n) is 4.62. The highest BCUT2D eigenvalue weighted by atomic mass is 16.5. The molecule has 0 amide bonds. The van der Waals surface area contributed by atoms with Gasteiger partial charge in [0.05, 0.1) is 26.2 Å². The summed E-state index contributed by atoms with van der Waals surface area (Å²) in [5.41, 5.74) is 0. The molecule has 0 aliphatic carbocycles. The van der Waals surface area contributed by atoms with Gasteiger partial charge in [0.25, 0.3) is 0 Å². The standard InChI is InChI=1S/C13H25NO4/c1-16-9-10-18-8-4-7-14-6-3-5-12(11-14)13(15)17-2/h12H,3-11H2,1-2H3. The van der Waals surface area contributed by atoms with E-state index in [1.165, 1.54) is 7.11 Å². The predicted octanol–water partition coefficient (Wildman–Crippen LogP) is 0.925. The van der Waals surface area contributed by atoms with Crippen LogP contribution in [-0.2, 0) is 19.0 Å². The Hall–Kier alpha value is -0.650. The molecule has 0 saturated carbocycles. The number of ether oxygens (including phenoxy) is 3. The maximum atomic E-state index is 11.5. The highest BCUT2D eigenvalue weighted by Crippen LogP contribution is 2.17. The number of hydrogen-bond acceptors (Lipinski definition) is 5. The van der Waals surface area contributed by atoms with E-state index in [2.05, 4.69) is 4.90 Å². The monoisotopic (exact) mass is 259 g/mol. The van der Waals surface area contributed by atoms with Gasteiger partial charge in [-0.05, 0) is 25.8 Å². The average molecular weight is 259 g/mol. The van der Waals surface area contributed by atoms with Gasteiger partial charge in [0.1, 0.15) is 0 Å². The first kappa shape index (κ1) is 15.4. The third-order valence-electron chi connectivity index (χ3n) is 3.23. The van der Waals surface area contributed by atoms with Crippen LogP contribution >= 0.6 is 0 Å². The van der Waals surface area contributed by atoms with E-state index in [1.807, 2.05) is 0 Å². The van der Waals surface area contributed by atoms with Crippen LogP contribution in [0, 0.1) is 5.92 Å². The van der Waals surface area contributed by atoms with Gasteiger partial charge >= 0.3 is 5.97 Å². The molecule has 18 heavy (non-hydrogen) atoms. The molecule has 1 fully saturated rings. The quantitative estimate of drug-likeness (QED) is 0.479. The number of carbonyl (C=O) groups is 1. The first-order valence-electron chi connectivity index (χ1n) is 6.64. The summed E-state index contributed by atoms with van der Waals surface area (Å²) >= 11 is 0. The van der Waals surface area contributed by atoms with Gasteiger partial charge < -0.3 is 19.1 Å². The van der Waals surface area contributed by atoms with E-state index >= 15 is 0 Å². The number of carbonyl (C=O) groups excluding carboxylic acids is 1. The van der Waals surface area contributed by atoms with Crippen molar-refractivity contribution >= 4 is 5.97 Å². The van der Waals surface area contributed by atoms with Gasteiger partial charge in [0.2, 0.25) is 0 Å². The third kappa shape index (κ3) is 5.80. The molecule has 0 bridgehead atoms. The first-order chi connectivity index (χ1) is 8.77. The Morgan fingerprint density at radius 1 is 1.28 bits per heavy atom. The number of likely N-dealkylation sites (tertiary alicyclic amines) is 1. The van der Waals surface area contributed by atoms with E-state index in [0.29, 0.717) is 13.2 Å². The summed E-state index contributed by atoms with van der Waals surface area (Å²) in [4.78, 5) is 13.8. The van der Waals surface area contributed by atoms with Crippen LogP contribution in [0.25, 0.3) is 0 Å². The molecule has 1 rings (SSSR count). The Kier molecular flexibility index (Phi) is 7.96. The van der Waals surface area contributed by atoms with Crippen LogP contribution in [0.4, 0.5) is 0 Å². The molecule has 5 nitrogen and oxygen atoms in total. The Morgan fingerprint density at radius 2 is 2.11 bits per heavy atom. The third-order valence-corrected chi connectivity index (χ3v) is 3.23.